The van der Waals surface area contributed by atoms with Gasteiger partial charge in [-0.2, -0.15) is 0 Å². The van der Waals surface area contributed by atoms with Crippen LogP contribution in [0.4, 0.5) is 0 Å². The Bertz CT molecular complexity index is 472. The SMILES string of the molecule is COc1ccccc1CN(C)C(=O)COC1(C)CNC1. The van der Waals surface area contributed by atoms with Crippen molar-refractivity contribution < 1.29 is 14.3 Å². The Balaban J connectivity index is 1.87. The van der Waals surface area contributed by atoms with Gasteiger partial charge in [0, 0.05) is 32.2 Å². The molecule has 1 aliphatic heterocycles. The van der Waals surface area contributed by atoms with Crippen molar-refractivity contribution in [1.82, 2.24) is 10.2 Å². The van der Waals surface area contributed by atoms with Gasteiger partial charge < -0.3 is 19.7 Å². The predicted molar refractivity (Wildman–Crippen MR) is 76.7 cm³/mol. The Hall–Kier alpha value is -1.59. The van der Waals surface area contributed by atoms with Crippen LogP contribution in [0.3, 0.4) is 0 Å². The monoisotopic (exact) mass is 278 g/mol. The van der Waals surface area contributed by atoms with Gasteiger partial charge in [0.25, 0.3) is 0 Å². The summed E-state index contributed by atoms with van der Waals surface area (Å²) in [4.78, 5) is 13.7. The molecule has 2 rings (SSSR count). The second kappa shape index (κ2) is 6.24. The van der Waals surface area contributed by atoms with Crippen LogP contribution in [-0.4, -0.2) is 50.3 Å². The van der Waals surface area contributed by atoms with Gasteiger partial charge in [-0.25, -0.2) is 0 Å². The number of hydrogen-bond donors (Lipinski definition) is 1. The Morgan fingerprint density at radius 1 is 1.40 bits per heavy atom. The van der Waals surface area contributed by atoms with Gasteiger partial charge in [-0.05, 0) is 13.0 Å². The molecule has 0 aromatic heterocycles. The molecule has 0 unspecified atom stereocenters. The van der Waals surface area contributed by atoms with Crippen molar-refractivity contribution >= 4 is 5.91 Å². The average molecular weight is 278 g/mol. The first kappa shape index (κ1) is 14.8. The first-order chi connectivity index (χ1) is 9.54. The quantitative estimate of drug-likeness (QED) is 0.844. The highest BCUT2D eigenvalue weighted by molar-refractivity contribution is 5.77. The lowest BCUT2D eigenvalue weighted by Gasteiger charge is -2.39. The van der Waals surface area contributed by atoms with E-state index in [4.69, 9.17) is 9.47 Å². The van der Waals surface area contributed by atoms with E-state index >= 15 is 0 Å². The van der Waals surface area contributed by atoms with Gasteiger partial charge in [-0.3, -0.25) is 4.79 Å². The van der Waals surface area contributed by atoms with E-state index in [2.05, 4.69) is 5.32 Å². The summed E-state index contributed by atoms with van der Waals surface area (Å²) >= 11 is 0. The number of nitrogens with zero attached hydrogens (tertiary/aromatic N) is 1. The molecule has 0 aliphatic carbocycles. The van der Waals surface area contributed by atoms with Crippen molar-refractivity contribution in [1.29, 1.82) is 0 Å². The third-order valence-electron chi connectivity index (χ3n) is 3.57. The van der Waals surface area contributed by atoms with E-state index in [9.17, 15) is 4.79 Å². The number of methoxy groups -OCH3 is 1. The zero-order chi connectivity index (χ0) is 14.6. The van der Waals surface area contributed by atoms with Gasteiger partial charge in [0.1, 0.15) is 12.4 Å². The van der Waals surface area contributed by atoms with Gasteiger partial charge in [0.05, 0.1) is 12.7 Å². The third kappa shape index (κ3) is 3.49. The van der Waals surface area contributed by atoms with E-state index in [1.54, 1.807) is 19.1 Å². The summed E-state index contributed by atoms with van der Waals surface area (Å²) in [5.41, 5.74) is 0.795. The molecule has 1 saturated heterocycles. The minimum Gasteiger partial charge on any atom is -0.496 e. The Morgan fingerprint density at radius 2 is 2.10 bits per heavy atom. The van der Waals surface area contributed by atoms with Crippen LogP contribution in [0.1, 0.15) is 12.5 Å². The molecule has 0 atom stereocenters. The van der Waals surface area contributed by atoms with Crippen LogP contribution in [0.2, 0.25) is 0 Å². The lowest BCUT2D eigenvalue weighted by atomic mass is 10.0. The second-order valence-electron chi connectivity index (χ2n) is 5.40. The summed E-state index contributed by atoms with van der Waals surface area (Å²) in [7, 11) is 3.41. The van der Waals surface area contributed by atoms with Crippen molar-refractivity contribution in [3.63, 3.8) is 0 Å². The van der Waals surface area contributed by atoms with Crippen LogP contribution in [0.25, 0.3) is 0 Å². The number of nitrogens with one attached hydrogen (secondary N) is 1. The molecule has 1 heterocycles. The van der Waals surface area contributed by atoms with Crippen molar-refractivity contribution in [2.24, 2.45) is 0 Å². The van der Waals surface area contributed by atoms with Crippen molar-refractivity contribution in [2.45, 2.75) is 19.1 Å². The number of para-hydroxylation sites is 1. The molecule has 1 aromatic carbocycles. The normalized spacial score (nSPS) is 16.4. The largest absolute Gasteiger partial charge is 0.496 e. The fourth-order valence-electron chi connectivity index (χ4n) is 2.10. The third-order valence-corrected chi connectivity index (χ3v) is 3.57. The summed E-state index contributed by atoms with van der Waals surface area (Å²) in [6.45, 7) is 4.25. The molecule has 5 nitrogen and oxygen atoms in total. The van der Waals surface area contributed by atoms with Gasteiger partial charge in [-0.15, -0.1) is 0 Å². The Kier molecular flexibility index (Phi) is 4.62. The predicted octanol–water partition coefficient (Wildman–Crippen LogP) is 1.03. The van der Waals surface area contributed by atoms with E-state index in [-0.39, 0.29) is 18.1 Å². The van der Waals surface area contributed by atoms with Gasteiger partial charge in [0.15, 0.2) is 0 Å². The highest BCUT2D eigenvalue weighted by Gasteiger charge is 2.33. The topological polar surface area (TPSA) is 50.8 Å². The molecule has 0 saturated carbocycles. The molecular formula is C15H22N2O3. The number of ether oxygens (including phenoxy) is 2. The summed E-state index contributed by atoms with van der Waals surface area (Å²) < 4.78 is 10.9. The minimum atomic E-state index is -0.194. The van der Waals surface area contributed by atoms with E-state index in [1.165, 1.54) is 0 Å². The smallest absolute Gasteiger partial charge is 0.248 e. The van der Waals surface area contributed by atoms with Crippen molar-refractivity contribution in [3.8, 4) is 5.75 Å². The van der Waals surface area contributed by atoms with Crippen LogP contribution in [0.5, 0.6) is 5.75 Å². The highest BCUT2D eigenvalue weighted by Crippen LogP contribution is 2.19. The second-order valence-corrected chi connectivity index (χ2v) is 5.40. The Labute approximate surface area is 119 Å². The number of carbonyl (C=O) groups excluding carboxylic acids is 1. The van der Waals surface area contributed by atoms with Crippen molar-refractivity contribution in [3.05, 3.63) is 29.8 Å². The molecule has 20 heavy (non-hydrogen) atoms. The van der Waals surface area contributed by atoms with Crippen LogP contribution >= 0.6 is 0 Å². The number of amides is 1. The number of carbonyl (C=O) groups is 1. The molecule has 1 fully saturated rings. The minimum absolute atomic E-state index is 0.0240. The molecule has 110 valence electrons. The van der Waals surface area contributed by atoms with Gasteiger partial charge in [-0.1, -0.05) is 18.2 Å². The van der Waals surface area contributed by atoms with E-state index in [0.717, 1.165) is 24.4 Å². The molecule has 1 amide bonds. The van der Waals surface area contributed by atoms with Crippen LogP contribution in [-0.2, 0) is 16.1 Å². The summed E-state index contributed by atoms with van der Waals surface area (Å²) in [5.74, 6) is 0.771. The molecule has 0 spiro atoms. The first-order valence-corrected chi connectivity index (χ1v) is 6.75. The van der Waals surface area contributed by atoms with E-state index in [0.29, 0.717) is 6.54 Å². The number of likely N-dealkylation sites (N-methyl/N-ethyl adjacent to an activating group) is 1. The molecule has 0 bridgehead atoms. The standard InChI is InChI=1S/C15H22N2O3/c1-15(10-16-11-15)20-9-14(18)17(2)8-12-6-4-5-7-13(12)19-3/h4-7,16H,8-11H2,1-3H3. The van der Waals surface area contributed by atoms with Crippen LogP contribution < -0.4 is 10.1 Å². The fraction of sp³-hybridized carbons (Fsp3) is 0.533. The summed E-state index contributed by atoms with van der Waals surface area (Å²) in [6, 6.07) is 7.71. The molecule has 1 N–H and O–H groups in total. The van der Waals surface area contributed by atoms with E-state index < -0.39 is 0 Å². The Morgan fingerprint density at radius 3 is 2.70 bits per heavy atom. The average Bonchev–Trinajstić information content (AvgIpc) is 2.43. The first-order valence-electron chi connectivity index (χ1n) is 6.75. The lowest BCUT2D eigenvalue weighted by Crippen LogP contribution is -2.59. The summed E-state index contributed by atoms with van der Waals surface area (Å²) in [5, 5.41) is 3.14. The fourth-order valence-corrected chi connectivity index (χ4v) is 2.10. The molecule has 1 aromatic rings. The molecule has 5 heteroatoms. The number of rotatable bonds is 6. The van der Waals surface area contributed by atoms with Crippen LogP contribution in [0, 0.1) is 0 Å². The summed E-state index contributed by atoms with van der Waals surface area (Å²) in [6.07, 6.45) is 0. The van der Waals surface area contributed by atoms with E-state index in [1.807, 2.05) is 31.2 Å². The molecular weight excluding hydrogens is 256 g/mol. The maximum atomic E-state index is 12.1. The number of benzene rings is 1. The van der Waals surface area contributed by atoms with Gasteiger partial charge >= 0.3 is 0 Å². The number of hydrogen-bond acceptors (Lipinski definition) is 4. The van der Waals surface area contributed by atoms with Crippen molar-refractivity contribution in [2.75, 3.05) is 33.9 Å². The van der Waals surface area contributed by atoms with Crippen LogP contribution in [0.15, 0.2) is 24.3 Å². The zero-order valence-electron chi connectivity index (χ0n) is 12.3. The molecule has 1 aliphatic rings. The maximum Gasteiger partial charge on any atom is 0.248 e. The highest BCUT2D eigenvalue weighted by atomic mass is 16.5. The maximum absolute atomic E-state index is 12.1. The zero-order valence-corrected chi connectivity index (χ0v) is 12.3. The molecule has 0 radical (unpaired) electrons. The lowest BCUT2D eigenvalue weighted by molar-refractivity contribution is -0.145. The van der Waals surface area contributed by atoms with Gasteiger partial charge in [0.2, 0.25) is 5.91 Å².